The van der Waals surface area contributed by atoms with Gasteiger partial charge in [-0.1, -0.05) is 6.07 Å². The summed E-state index contributed by atoms with van der Waals surface area (Å²) in [6, 6.07) is 6.16. The summed E-state index contributed by atoms with van der Waals surface area (Å²) in [6.07, 6.45) is 1.34. The average Bonchev–Trinajstić information content (AvgIpc) is 2.49. The van der Waals surface area contributed by atoms with Crippen LogP contribution in [0.1, 0.15) is 38.2 Å². The molecule has 0 heterocycles. The van der Waals surface area contributed by atoms with Crippen molar-refractivity contribution in [2.24, 2.45) is 0 Å². The van der Waals surface area contributed by atoms with Gasteiger partial charge in [0.05, 0.1) is 0 Å². The molecule has 4 nitrogen and oxygen atoms in total. The molecule has 0 saturated heterocycles. The van der Waals surface area contributed by atoms with Crippen molar-refractivity contribution in [2.45, 2.75) is 58.0 Å². The number of benzene rings is 1. The molecule has 23 heavy (non-hydrogen) atoms. The molecule has 0 aliphatic heterocycles. The topological polar surface area (TPSA) is 50.4 Å². The summed E-state index contributed by atoms with van der Waals surface area (Å²) in [5.74, 6) is 0.503. The maximum atomic E-state index is 12.3. The largest absolute Gasteiger partial charge is 0.487 e. The van der Waals surface area contributed by atoms with Gasteiger partial charge >= 0.3 is 0 Å². The molecule has 128 valence electrons. The van der Waals surface area contributed by atoms with Crippen LogP contribution in [0.5, 0.6) is 5.75 Å². The molecule has 0 radical (unpaired) electrons. The van der Waals surface area contributed by atoms with Crippen molar-refractivity contribution in [1.82, 2.24) is 5.32 Å². The number of hydrogen-bond acceptors (Lipinski definition) is 3. The summed E-state index contributed by atoms with van der Waals surface area (Å²) in [6.45, 7) is 2.78. The van der Waals surface area contributed by atoms with Gasteiger partial charge in [0, 0.05) is 30.8 Å². The van der Waals surface area contributed by atoms with E-state index in [2.05, 4.69) is 10.6 Å². The highest BCUT2D eigenvalue weighted by atomic mass is 19.3. The van der Waals surface area contributed by atoms with Gasteiger partial charge in [-0.05, 0) is 44.2 Å². The van der Waals surface area contributed by atoms with E-state index in [9.17, 15) is 13.6 Å². The van der Waals surface area contributed by atoms with Crippen molar-refractivity contribution in [3.63, 3.8) is 0 Å². The van der Waals surface area contributed by atoms with Gasteiger partial charge < -0.3 is 15.4 Å². The number of carbonyl (C=O) groups excluding carboxylic acids is 1. The number of nitrogens with one attached hydrogen (secondary N) is 2. The van der Waals surface area contributed by atoms with Crippen molar-refractivity contribution in [2.75, 3.05) is 11.9 Å². The Morgan fingerprint density at radius 2 is 1.91 bits per heavy atom. The highest BCUT2D eigenvalue weighted by Gasteiger charge is 2.21. The van der Waals surface area contributed by atoms with Gasteiger partial charge in [-0.2, -0.15) is 0 Å². The zero-order valence-corrected chi connectivity index (χ0v) is 13.6. The number of alkyl halides is 2. The first-order chi connectivity index (χ1) is 10.9. The van der Waals surface area contributed by atoms with Crippen LogP contribution in [-0.4, -0.2) is 31.0 Å². The number of rotatable bonds is 6. The zero-order valence-electron chi connectivity index (χ0n) is 13.6. The molecule has 1 amide bonds. The lowest BCUT2D eigenvalue weighted by molar-refractivity contribution is -0.119. The minimum absolute atomic E-state index is 0.0146. The molecule has 0 spiro atoms. The molecule has 1 aliphatic carbocycles. The maximum Gasteiger partial charge on any atom is 0.272 e. The lowest BCUT2D eigenvalue weighted by Crippen LogP contribution is -2.39. The minimum Gasteiger partial charge on any atom is -0.487 e. The number of ether oxygens (including phenoxy) is 1. The van der Waals surface area contributed by atoms with Gasteiger partial charge in [0.2, 0.25) is 5.91 Å². The molecule has 1 aliphatic rings. The number of hydrogen-bond donors (Lipinski definition) is 2. The fourth-order valence-corrected chi connectivity index (χ4v) is 2.90. The van der Waals surface area contributed by atoms with Crippen LogP contribution in [0.4, 0.5) is 14.5 Å². The van der Waals surface area contributed by atoms with E-state index in [4.69, 9.17) is 4.74 Å². The molecule has 2 N–H and O–H groups in total. The molecule has 0 atom stereocenters. The summed E-state index contributed by atoms with van der Waals surface area (Å²) in [7, 11) is 0. The number of amides is 1. The number of carbonyl (C=O) groups is 1. The molecular formula is C17H24F2N2O2. The van der Waals surface area contributed by atoms with E-state index in [0.717, 1.165) is 36.9 Å². The first kappa shape index (κ1) is 17.5. The number of anilines is 1. The predicted octanol–water partition coefficient (Wildman–Crippen LogP) is 3.50. The second kappa shape index (κ2) is 8.13. The summed E-state index contributed by atoms with van der Waals surface area (Å²) in [5, 5.41) is 6.38. The molecular weight excluding hydrogens is 302 g/mol. The SMILES string of the molecule is CC(=O)NC1CCC(Nc2ccc(C)c(OCC(F)F)c2)CC1. The van der Waals surface area contributed by atoms with Crippen LogP contribution in [0.15, 0.2) is 18.2 Å². The lowest BCUT2D eigenvalue weighted by Gasteiger charge is -2.30. The van der Waals surface area contributed by atoms with Crippen LogP contribution < -0.4 is 15.4 Å². The second-order valence-corrected chi connectivity index (χ2v) is 6.08. The third-order valence-electron chi connectivity index (χ3n) is 4.06. The van der Waals surface area contributed by atoms with Crippen LogP contribution in [-0.2, 0) is 4.79 Å². The van der Waals surface area contributed by atoms with E-state index in [1.165, 1.54) is 6.92 Å². The molecule has 2 rings (SSSR count). The quantitative estimate of drug-likeness (QED) is 0.841. The third kappa shape index (κ3) is 5.69. The van der Waals surface area contributed by atoms with Gasteiger partial charge in [-0.3, -0.25) is 4.79 Å². The Kier molecular flexibility index (Phi) is 6.19. The fourth-order valence-electron chi connectivity index (χ4n) is 2.90. The van der Waals surface area contributed by atoms with E-state index in [1.807, 2.05) is 19.1 Å². The van der Waals surface area contributed by atoms with Crippen molar-refractivity contribution < 1.29 is 18.3 Å². The summed E-state index contributed by atoms with van der Waals surface area (Å²) >= 11 is 0. The van der Waals surface area contributed by atoms with Gasteiger partial charge in [0.15, 0.2) is 0 Å². The van der Waals surface area contributed by atoms with Crippen molar-refractivity contribution >= 4 is 11.6 Å². The maximum absolute atomic E-state index is 12.3. The molecule has 1 aromatic carbocycles. The average molecular weight is 326 g/mol. The van der Waals surface area contributed by atoms with Crippen molar-refractivity contribution in [3.05, 3.63) is 23.8 Å². The Balaban J connectivity index is 1.88. The molecule has 0 unspecified atom stereocenters. The Morgan fingerprint density at radius 3 is 2.52 bits per heavy atom. The van der Waals surface area contributed by atoms with Gasteiger partial charge in [-0.15, -0.1) is 0 Å². The summed E-state index contributed by atoms with van der Waals surface area (Å²) in [5.41, 5.74) is 1.72. The smallest absolute Gasteiger partial charge is 0.272 e. The Labute approximate surface area is 135 Å². The van der Waals surface area contributed by atoms with Crippen molar-refractivity contribution in [3.8, 4) is 5.75 Å². The van der Waals surface area contributed by atoms with E-state index in [0.29, 0.717) is 11.8 Å². The first-order valence-corrected chi connectivity index (χ1v) is 7.99. The lowest BCUT2D eigenvalue weighted by atomic mass is 9.91. The predicted molar refractivity (Wildman–Crippen MR) is 86.2 cm³/mol. The first-order valence-electron chi connectivity index (χ1n) is 7.99. The van der Waals surface area contributed by atoms with Gasteiger partial charge in [0.1, 0.15) is 12.4 Å². The van der Waals surface area contributed by atoms with E-state index in [1.54, 1.807) is 6.07 Å². The number of aryl methyl sites for hydroxylation is 1. The van der Waals surface area contributed by atoms with Gasteiger partial charge in [-0.25, -0.2) is 8.78 Å². The standard InChI is InChI=1S/C17H24F2N2O2/c1-11-3-4-15(9-16(11)23-10-17(18)19)21-14-7-5-13(6-8-14)20-12(2)22/h3-4,9,13-14,17,21H,5-8,10H2,1-2H3,(H,20,22). The van der Waals surface area contributed by atoms with Gasteiger partial charge in [0.25, 0.3) is 6.43 Å². The molecule has 0 bridgehead atoms. The molecule has 1 fully saturated rings. The highest BCUT2D eigenvalue weighted by molar-refractivity contribution is 5.73. The minimum atomic E-state index is -2.48. The Hall–Kier alpha value is -1.85. The monoisotopic (exact) mass is 326 g/mol. The van der Waals surface area contributed by atoms with E-state index >= 15 is 0 Å². The fraction of sp³-hybridized carbons (Fsp3) is 0.588. The molecule has 1 aromatic rings. The van der Waals surface area contributed by atoms with Crippen LogP contribution in [0.25, 0.3) is 0 Å². The third-order valence-corrected chi connectivity index (χ3v) is 4.06. The van der Waals surface area contributed by atoms with E-state index in [-0.39, 0.29) is 11.9 Å². The second-order valence-electron chi connectivity index (χ2n) is 6.08. The highest BCUT2D eigenvalue weighted by Crippen LogP contribution is 2.27. The normalized spacial score (nSPS) is 21.1. The molecule has 1 saturated carbocycles. The van der Waals surface area contributed by atoms with Crippen molar-refractivity contribution in [1.29, 1.82) is 0 Å². The number of halogens is 2. The zero-order chi connectivity index (χ0) is 16.8. The van der Waals surface area contributed by atoms with E-state index < -0.39 is 13.0 Å². The molecule has 6 heteroatoms. The molecule has 0 aromatic heterocycles. The van der Waals surface area contributed by atoms with Crippen LogP contribution in [0.3, 0.4) is 0 Å². The van der Waals surface area contributed by atoms with Crippen LogP contribution in [0, 0.1) is 6.92 Å². The van der Waals surface area contributed by atoms with Crippen LogP contribution >= 0.6 is 0 Å². The Morgan fingerprint density at radius 1 is 1.26 bits per heavy atom. The summed E-state index contributed by atoms with van der Waals surface area (Å²) < 4.78 is 29.7. The summed E-state index contributed by atoms with van der Waals surface area (Å²) in [4.78, 5) is 11.1. The van der Waals surface area contributed by atoms with Crippen LogP contribution in [0.2, 0.25) is 0 Å². The Bertz CT molecular complexity index is 529.